The van der Waals surface area contributed by atoms with Gasteiger partial charge in [-0.3, -0.25) is 4.79 Å². The number of hydrogen-bond acceptors (Lipinski definition) is 2. The van der Waals surface area contributed by atoms with Crippen molar-refractivity contribution in [1.29, 1.82) is 0 Å². The van der Waals surface area contributed by atoms with E-state index in [0.29, 0.717) is 17.4 Å². The van der Waals surface area contributed by atoms with E-state index >= 15 is 0 Å². The van der Waals surface area contributed by atoms with Crippen LogP contribution in [-0.4, -0.2) is 35.3 Å². The zero-order valence-corrected chi connectivity index (χ0v) is 13.0. The molecule has 0 bridgehead atoms. The summed E-state index contributed by atoms with van der Waals surface area (Å²) in [6.07, 6.45) is 1.02. The molecule has 104 valence electrons. The molecule has 2 unspecified atom stereocenters. The van der Waals surface area contributed by atoms with Crippen LogP contribution in [0.25, 0.3) is 0 Å². The van der Waals surface area contributed by atoms with E-state index in [9.17, 15) is 4.79 Å². The SMILES string of the molecule is CCOc1ccc(C(=O)N2CCC(Br)C(C)C2)cc1. The van der Waals surface area contributed by atoms with Crippen molar-refractivity contribution in [3.05, 3.63) is 29.8 Å². The lowest BCUT2D eigenvalue weighted by Crippen LogP contribution is -2.43. The smallest absolute Gasteiger partial charge is 0.253 e. The van der Waals surface area contributed by atoms with Crippen LogP contribution in [0.3, 0.4) is 0 Å². The summed E-state index contributed by atoms with van der Waals surface area (Å²) in [4.78, 5) is 14.9. The Bertz CT molecular complexity index is 432. The molecule has 0 saturated carbocycles. The second kappa shape index (κ2) is 6.42. The highest BCUT2D eigenvalue weighted by atomic mass is 79.9. The van der Waals surface area contributed by atoms with E-state index in [1.807, 2.05) is 36.1 Å². The first-order chi connectivity index (χ1) is 9.11. The summed E-state index contributed by atoms with van der Waals surface area (Å²) in [5, 5.41) is 0. The average Bonchev–Trinajstić information content (AvgIpc) is 2.42. The van der Waals surface area contributed by atoms with Gasteiger partial charge in [0.1, 0.15) is 5.75 Å². The third-order valence-corrected chi connectivity index (χ3v) is 4.86. The third kappa shape index (κ3) is 3.50. The predicted octanol–water partition coefficient (Wildman–Crippen LogP) is 3.33. The first-order valence-electron chi connectivity index (χ1n) is 6.78. The molecule has 2 atom stereocenters. The van der Waals surface area contributed by atoms with Gasteiger partial charge in [0.25, 0.3) is 5.91 Å². The van der Waals surface area contributed by atoms with E-state index < -0.39 is 0 Å². The topological polar surface area (TPSA) is 29.5 Å². The van der Waals surface area contributed by atoms with Crippen molar-refractivity contribution >= 4 is 21.8 Å². The highest BCUT2D eigenvalue weighted by Gasteiger charge is 2.27. The summed E-state index contributed by atoms with van der Waals surface area (Å²) in [6, 6.07) is 7.41. The van der Waals surface area contributed by atoms with E-state index in [-0.39, 0.29) is 5.91 Å². The molecule has 4 heteroatoms. The summed E-state index contributed by atoms with van der Waals surface area (Å²) in [7, 11) is 0. The number of ether oxygens (including phenoxy) is 1. The van der Waals surface area contributed by atoms with Crippen LogP contribution in [-0.2, 0) is 0 Å². The summed E-state index contributed by atoms with van der Waals surface area (Å²) in [5.41, 5.74) is 0.740. The van der Waals surface area contributed by atoms with Gasteiger partial charge in [0.15, 0.2) is 0 Å². The van der Waals surface area contributed by atoms with Crippen LogP contribution in [0.2, 0.25) is 0 Å². The molecule has 0 radical (unpaired) electrons. The fraction of sp³-hybridized carbons (Fsp3) is 0.533. The van der Waals surface area contributed by atoms with Crippen LogP contribution in [0.5, 0.6) is 5.75 Å². The van der Waals surface area contributed by atoms with Crippen LogP contribution >= 0.6 is 15.9 Å². The maximum atomic E-state index is 12.4. The number of halogens is 1. The van der Waals surface area contributed by atoms with Crippen molar-refractivity contribution in [2.45, 2.75) is 25.1 Å². The third-order valence-electron chi connectivity index (χ3n) is 3.50. The lowest BCUT2D eigenvalue weighted by Gasteiger charge is -2.34. The van der Waals surface area contributed by atoms with Gasteiger partial charge < -0.3 is 9.64 Å². The van der Waals surface area contributed by atoms with E-state index in [1.54, 1.807) is 0 Å². The molecule has 19 heavy (non-hydrogen) atoms. The molecule has 2 rings (SSSR count). The van der Waals surface area contributed by atoms with Crippen molar-refractivity contribution in [2.24, 2.45) is 5.92 Å². The molecule has 1 amide bonds. The molecule has 0 N–H and O–H groups in total. The molecule has 1 fully saturated rings. The van der Waals surface area contributed by atoms with Gasteiger partial charge in [-0.1, -0.05) is 22.9 Å². The number of rotatable bonds is 3. The van der Waals surface area contributed by atoms with Crippen molar-refractivity contribution in [2.75, 3.05) is 19.7 Å². The Hall–Kier alpha value is -1.03. The van der Waals surface area contributed by atoms with E-state index in [4.69, 9.17) is 4.74 Å². The van der Waals surface area contributed by atoms with E-state index in [0.717, 1.165) is 30.8 Å². The standard InChI is InChI=1S/C15H20BrNO2/c1-3-19-13-6-4-12(5-7-13)15(18)17-9-8-14(16)11(2)10-17/h4-7,11,14H,3,8-10H2,1-2H3. The number of benzene rings is 1. The first kappa shape index (κ1) is 14.4. The van der Waals surface area contributed by atoms with Gasteiger partial charge in [-0.05, 0) is 43.5 Å². The van der Waals surface area contributed by atoms with Crippen LogP contribution in [0.1, 0.15) is 30.6 Å². The molecule has 1 heterocycles. The maximum absolute atomic E-state index is 12.4. The fourth-order valence-corrected chi connectivity index (χ4v) is 2.72. The fourth-order valence-electron chi connectivity index (χ4n) is 2.34. The van der Waals surface area contributed by atoms with Gasteiger partial charge in [0.05, 0.1) is 6.61 Å². The minimum Gasteiger partial charge on any atom is -0.494 e. The molecule has 1 saturated heterocycles. The number of piperidine rings is 1. The molecular formula is C15H20BrNO2. The van der Waals surface area contributed by atoms with E-state index in [2.05, 4.69) is 22.9 Å². The second-order valence-corrected chi connectivity index (χ2v) is 6.17. The van der Waals surface area contributed by atoms with Crippen molar-refractivity contribution < 1.29 is 9.53 Å². The lowest BCUT2D eigenvalue weighted by atomic mass is 9.99. The lowest BCUT2D eigenvalue weighted by molar-refractivity contribution is 0.0690. The summed E-state index contributed by atoms with van der Waals surface area (Å²) >= 11 is 3.66. The number of nitrogens with zero attached hydrogens (tertiary/aromatic N) is 1. The second-order valence-electron chi connectivity index (χ2n) is 4.99. The van der Waals surface area contributed by atoms with Gasteiger partial charge in [-0.15, -0.1) is 0 Å². The highest BCUT2D eigenvalue weighted by Crippen LogP contribution is 2.24. The van der Waals surface area contributed by atoms with Gasteiger partial charge in [-0.25, -0.2) is 0 Å². The Morgan fingerprint density at radius 2 is 2.11 bits per heavy atom. The zero-order valence-electron chi connectivity index (χ0n) is 11.4. The summed E-state index contributed by atoms with van der Waals surface area (Å²) < 4.78 is 5.39. The Balaban J connectivity index is 2.03. The van der Waals surface area contributed by atoms with Gasteiger partial charge in [0.2, 0.25) is 0 Å². The number of alkyl halides is 1. The van der Waals surface area contributed by atoms with E-state index in [1.165, 1.54) is 0 Å². The quantitative estimate of drug-likeness (QED) is 0.798. The monoisotopic (exact) mass is 325 g/mol. The Morgan fingerprint density at radius 3 is 2.68 bits per heavy atom. The van der Waals surface area contributed by atoms with Crippen LogP contribution in [0.4, 0.5) is 0 Å². The Morgan fingerprint density at radius 1 is 1.42 bits per heavy atom. The highest BCUT2D eigenvalue weighted by molar-refractivity contribution is 9.09. The van der Waals surface area contributed by atoms with Crippen molar-refractivity contribution in [1.82, 2.24) is 4.90 Å². The first-order valence-corrected chi connectivity index (χ1v) is 7.69. The summed E-state index contributed by atoms with van der Waals surface area (Å²) in [6.45, 7) is 6.42. The molecule has 1 aliphatic rings. The number of hydrogen-bond donors (Lipinski definition) is 0. The Labute approximate surface area is 123 Å². The minimum absolute atomic E-state index is 0.120. The van der Waals surface area contributed by atoms with Crippen LogP contribution in [0, 0.1) is 5.92 Å². The average molecular weight is 326 g/mol. The number of likely N-dealkylation sites (tertiary alicyclic amines) is 1. The Kier molecular flexibility index (Phi) is 4.86. The van der Waals surface area contributed by atoms with Gasteiger partial charge in [-0.2, -0.15) is 0 Å². The largest absolute Gasteiger partial charge is 0.494 e. The summed E-state index contributed by atoms with van der Waals surface area (Å²) in [5.74, 6) is 1.43. The molecule has 1 aromatic carbocycles. The predicted molar refractivity (Wildman–Crippen MR) is 80.0 cm³/mol. The molecule has 1 aromatic rings. The molecule has 1 aliphatic heterocycles. The van der Waals surface area contributed by atoms with Crippen LogP contribution in [0.15, 0.2) is 24.3 Å². The van der Waals surface area contributed by atoms with Crippen molar-refractivity contribution in [3.63, 3.8) is 0 Å². The molecule has 0 aromatic heterocycles. The van der Waals surface area contributed by atoms with Gasteiger partial charge >= 0.3 is 0 Å². The molecular weight excluding hydrogens is 306 g/mol. The zero-order chi connectivity index (χ0) is 13.8. The molecule has 0 spiro atoms. The molecule has 0 aliphatic carbocycles. The van der Waals surface area contributed by atoms with Crippen molar-refractivity contribution in [3.8, 4) is 5.75 Å². The number of carbonyl (C=O) groups excluding carboxylic acids is 1. The number of amides is 1. The normalized spacial score (nSPS) is 23.2. The maximum Gasteiger partial charge on any atom is 0.253 e. The van der Waals surface area contributed by atoms with Gasteiger partial charge in [0, 0.05) is 23.5 Å². The molecule has 3 nitrogen and oxygen atoms in total. The minimum atomic E-state index is 0.120. The number of carbonyl (C=O) groups is 1. The van der Waals surface area contributed by atoms with Crippen LogP contribution < -0.4 is 4.74 Å².